The number of hydrogen-bond donors (Lipinski definition) is 1. The number of hydrogen-bond acceptors (Lipinski definition) is 2. The topological polar surface area (TPSA) is 43.1 Å². The summed E-state index contributed by atoms with van der Waals surface area (Å²) in [6.07, 6.45) is 1.76. The highest BCUT2D eigenvalue weighted by Gasteiger charge is 1.96. The maximum Gasteiger partial charge on any atom is 0.235 e. The quantitative estimate of drug-likeness (QED) is 0.583. The van der Waals surface area contributed by atoms with Crippen LogP contribution in [0.3, 0.4) is 0 Å². The first-order valence-corrected chi connectivity index (χ1v) is 2.98. The molecule has 2 nitrogen and oxygen atoms in total. The minimum absolute atomic E-state index is 0.444. The van der Waals surface area contributed by atoms with E-state index in [0.717, 1.165) is 5.56 Å². The van der Waals surface area contributed by atoms with E-state index in [-0.39, 0.29) is 0 Å². The standard InChI is InChI=1S/C8H8NO/c1-6-2-3-8(9)7(4-6)5-10/h2-4H,9H2,1H3. The molecule has 0 aliphatic heterocycles. The van der Waals surface area contributed by atoms with Crippen molar-refractivity contribution in [2.24, 2.45) is 0 Å². The first kappa shape index (κ1) is 6.81. The van der Waals surface area contributed by atoms with Gasteiger partial charge >= 0.3 is 0 Å². The Kier molecular flexibility index (Phi) is 1.71. The van der Waals surface area contributed by atoms with Crippen LogP contribution in [0.15, 0.2) is 18.2 Å². The van der Waals surface area contributed by atoms with Crippen LogP contribution in [0.1, 0.15) is 11.1 Å². The first-order chi connectivity index (χ1) is 4.74. The van der Waals surface area contributed by atoms with Gasteiger partial charge in [0.05, 0.1) is 0 Å². The van der Waals surface area contributed by atoms with Crippen LogP contribution in [0, 0.1) is 6.92 Å². The SMILES string of the molecule is Cc1ccc(N)c([C]=O)c1. The van der Waals surface area contributed by atoms with E-state index in [4.69, 9.17) is 5.73 Å². The number of carbonyl (C=O) groups excluding carboxylic acids is 1. The molecule has 0 amide bonds. The number of aryl methyl sites for hydroxylation is 1. The smallest absolute Gasteiger partial charge is 0.235 e. The van der Waals surface area contributed by atoms with Crippen LogP contribution in [0.5, 0.6) is 0 Å². The highest BCUT2D eigenvalue weighted by atomic mass is 16.1. The predicted octanol–water partition coefficient (Wildman–Crippen LogP) is 1.04. The van der Waals surface area contributed by atoms with Crippen molar-refractivity contribution in [3.05, 3.63) is 29.3 Å². The third-order valence-corrected chi connectivity index (χ3v) is 1.32. The normalized spacial score (nSPS) is 9.30. The predicted molar refractivity (Wildman–Crippen MR) is 40.4 cm³/mol. The van der Waals surface area contributed by atoms with Crippen LogP contribution >= 0.6 is 0 Å². The number of nitrogens with two attached hydrogens (primary N) is 1. The molecule has 0 fully saturated rings. The van der Waals surface area contributed by atoms with Gasteiger partial charge in [0.2, 0.25) is 6.29 Å². The monoisotopic (exact) mass is 134 g/mol. The number of rotatable bonds is 1. The number of anilines is 1. The summed E-state index contributed by atoms with van der Waals surface area (Å²) in [5, 5.41) is 0. The van der Waals surface area contributed by atoms with Gasteiger partial charge in [0.15, 0.2) is 0 Å². The highest BCUT2D eigenvalue weighted by Crippen LogP contribution is 2.10. The zero-order valence-electron chi connectivity index (χ0n) is 5.72. The van der Waals surface area contributed by atoms with Crippen molar-refractivity contribution >= 4 is 12.0 Å². The Morgan fingerprint density at radius 1 is 1.50 bits per heavy atom. The molecule has 1 aromatic rings. The maximum absolute atomic E-state index is 10.2. The van der Waals surface area contributed by atoms with E-state index in [1.165, 1.54) is 0 Å². The molecule has 0 atom stereocenters. The second-order valence-corrected chi connectivity index (χ2v) is 2.19. The molecule has 0 saturated heterocycles. The fourth-order valence-corrected chi connectivity index (χ4v) is 0.759. The lowest BCUT2D eigenvalue weighted by Gasteiger charge is -1.96. The lowest BCUT2D eigenvalue weighted by Crippen LogP contribution is -1.92. The summed E-state index contributed by atoms with van der Waals surface area (Å²) in [6, 6.07) is 5.27. The molecule has 2 heteroatoms. The molecule has 0 saturated carbocycles. The van der Waals surface area contributed by atoms with Crippen molar-refractivity contribution in [2.75, 3.05) is 5.73 Å². The van der Waals surface area contributed by atoms with E-state index >= 15 is 0 Å². The van der Waals surface area contributed by atoms with E-state index < -0.39 is 0 Å². The molecule has 0 aromatic heterocycles. The summed E-state index contributed by atoms with van der Waals surface area (Å²) in [5.41, 5.74) is 7.39. The molecule has 1 radical (unpaired) electrons. The largest absolute Gasteiger partial charge is 0.398 e. The Balaban J connectivity index is 3.21. The molecular formula is C8H8NO. The second-order valence-electron chi connectivity index (χ2n) is 2.19. The van der Waals surface area contributed by atoms with E-state index in [2.05, 4.69) is 0 Å². The third-order valence-electron chi connectivity index (χ3n) is 1.32. The Bertz CT molecular complexity index is 255. The van der Waals surface area contributed by atoms with Gasteiger partial charge in [-0.2, -0.15) is 0 Å². The van der Waals surface area contributed by atoms with Gasteiger partial charge in [0, 0.05) is 11.3 Å². The van der Waals surface area contributed by atoms with E-state index in [1.807, 2.05) is 13.0 Å². The van der Waals surface area contributed by atoms with Crippen LogP contribution < -0.4 is 5.73 Å². The summed E-state index contributed by atoms with van der Waals surface area (Å²) in [4.78, 5) is 10.2. The van der Waals surface area contributed by atoms with Crippen molar-refractivity contribution in [2.45, 2.75) is 6.92 Å². The summed E-state index contributed by atoms with van der Waals surface area (Å²) >= 11 is 0. The second kappa shape index (κ2) is 2.52. The van der Waals surface area contributed by atoms with Gasteiger partial charge in [-0.25, -0.2) is 0 Å². The maximum atomic E-state index is 10.2. The van der Waals surface area contributed by atoms with Crippen LogP contribution in [0.25, 0.3) is 0 Å². The molecule has 1 aromatic carbocycles. The lowest BCUT2D eigenvalue weighted by atomic mass is 10.1. The first-order valence-electron chi connectivity index (χ1n) is 2.98. The van der Waals surface area contributed by atoms with Crippen molar-refractivity contribution in [3.8, 4) is 0 Å². The van der Waals surface area contributed by atoms with Crippen molar-refractivity contribution < 1.29 is 4.79 Å². The molecule has 51 valence electrons. The van der Waals surface area contributed by atoms with Gasteiger partial charge in [0.1, 0.15) is 0 Å². The third kappa shape index (κ3) is 1.16. The Morgan fingerprint density at radius 3 is 2.70 bits per heavy atom. The van der Waals surface area contributed by atoms with E-state index in [9.17, 15) is 4.79 Å². The number of nitrogen functional groups attached to an aromatic ring is 1. The molecule has 2 N–H and O–H groups in total. The highest BCUT2D eigenvalue weighted by molar-refractivity contribution is 5.83. The van der Waals surface area contributed by atoms with Crippen molar-refractivity contribution in [3.63, 3.8) is 0 Å². The fourth-order valence-electron chi connectivity index (χ4n) is 0.759. The van der Waals surface area contributed by atoms with Crippen LogP contribution in [0.4, 0.5) is 5.69 Å². The Hall–Kier alpha value is -1.31. The molecule has 0 heterocycles. The molecule has 10 heavy (non-hydrogen) atoms. The lowest BCUT2D eigenvalue weighted by molar-refractivity contribution is 0.563. The van der Waals surface area contributed by atoms with E-state index in [1.54, 1.807) is 18.4 Å². The summed E-state index contributed by atoms with van der Waals surface area (Å²) < 4.78 is 0. The summed E-state index contributed by atoms with van der Waals surface area (Å²) in [5.74, 6) is 0. The molecule has 0 aliphatic carbocycles. The van der Waals surface area contributed by atoms with Crippen molar-refractivity contribution in [1.82, 2.24) is 0 Å². The van der Waals surface area contributed by atoms with Crippen LogP contribution in [0.2, 0.25) is 0 Å². The molecule has 0 aliphatic rings. The average Bonchev–Trinajstić information content (AvgIpc) is 1.94. The Labute approximate surface area is 59.7 Å². The van der Waals surface area contributed by atoms with Gasteiger partial charge < -0.3 is 5.73 Å². The summed E-state index contributed by atoms with van der Waals surface area (Å²) in [7, 11) is 0. The zero-order valence-corrected chi connectivity index (χ0v) is 5.72. The molecule has 0 unspecified atom stereocenters. The van der Waals surface area contributed by atoms with Crippen molar-refractivity contribution in [1.29, 1.82) is 0 Å². The average molecular weight is 134 g/mol. The molecule has 1 rings (SSSR count). The molecular weight excluding hydrogens is 126 g/mol. The van der Waals surface area contributed by atoms with Gasteiger partial charge in [-0.3, -0.25) is 4.79 Å². The van der Waals surface area contributed by atoms with Gasteiger partial charge in [0.25, 0.3) is 0 Å². The van der Waals surface area contributed by atoms with E-state index in [0.29, 0.717) is 11.3 Å². The van der Waals surface area contributed by atoms with Crippen LogP contribution in [-0.2, 0) is 4.79 Å². The van der Waals surface area contributed by atoms with Gasteiger partial charge in [-0.05, 0) is 19.1 Å². The number of benzene rings is 1. The molecule has 0 spiro atoms. The minimum atomic E-state index is 0.444. The Morgan fingerprint density at radius 2 is 2.20 bits per heavy atom. The van der Waals surface area contributed by atoms with Gasteiger partial charge in [-0.1, -0.05) is 11.6 Å². The summed E-state index contributed by atoms with van der Waals surface area (Å²) in [6.45, 7) is 1.90. The van der Waals surface area contributed by atoms with Crippen LogP contribution in [-0.4, -0.2) is 6.29 Å². The van der Waals surface area contributed by atoms with Gasteiger partial charge in [-0.15, -0.1) is 0 Å². The fraction of sp³-hybridized carbons (Fsp3) is 0.125. The molecule has 0 bridgehead atoms. The zero-order chi connectivity index (χ0) is 7.56. The minimum Gasteiger partial charge on any atom is -0.398 e.